The van der Waals surface area contributed by atoms with Gasteiger partial charge < -0.3 is 5.73 Å². The van der Waals surface area contributed by atoms with Gasteiger partial charge in [-0.2, -0.15) is 0 Å². The quantitative estimate of drug-likeness (QED) is 0.805. The van der Waals surface area contributed by atoms with Crippen molar-refractivity contribution >= 4 is 0 Å². The minimum Gasteiger partial charge on any atom is -0.327 e. The van der Waals surface area contributed by atoms with Gasteiger partial charge in [0.25, 0.3) is 0 Å². The summed E-state index contributed by atoms with van der Waals surface area (Å²) in [6, 6.07) is 11.2. The van der Waals surface area contributed by atoms with E-state index in [1.807, 2.05) is 0 Å². The average Bonchev–Trinajstić information content (AvgIpc) is 2.30. The summed E-state index contributed by atoms with van der Waals surface area (Å²) in [5.74, 6) is 2.21. The molecule has 0 heterocycles. The summed E-state index contributed by atoms with van der Waals surface area (Å²) < 4.78 is 0. The second-order valence-corrected chi connectivity index (χ2v) is 5.50. The van der Waals surface area contributed by atoms with Crippen LogP contribution >= 0.6 is 0 Å². The van der Waals surface area contributed by atoms with Crippen molar-refractivity contribution in [2.45, 2.75) is 45.1 Å². The van der Waals surface area contributed by atoms with E-state index in [-0.39, 0.29) is 0 Å². The summed E-state index contributed by atoms with van der Waals surface area (Å²) >= 11 is 0. The van der Waals surface area contributed by atoms with Crippen LogP contribution in [-0.2, 0) is 0 Å². The van der Waals surface area contributed by atoms with Crippen molar-refractivity contribution in [2.24, 2.45) is 17.6 Å². The molecule has 1 aliphatic rings. The molecule has 0 bridgehead atoms. The molecule has 2 rings (SSSR count). The Morgan fingerprint density at radius 3 is 2.44 bits per heavy atom. The molecule has 0 spiro atoms. The van der Waals surface area contributed by atoms with Crippen molar-refractivity contribution in [2.75, 3.05) is 0 Å². The van der Waals surface area contributed by atoms with Crippen LogP contribution in [0.1, 0.15) is 44.6 Å². The molecule has 0 radical (unpaired) electrons. The molecule has 1 saturated carbocycles. The maximum absolute atomic E-state index is 6.27. The monoisotopic (exact) mass is 217 g/mol. The van der Waals surface area contributed by atoms with Gasteiger partial charge in [-0.15, -0.1) is 0 Å². The molecule has 2 N–H and O–H groups in total. The molecule has 3 unspecified atom stereocenters. The number of nitrogens with two attached hydrogens (primary N) is 1. The number of benzene rings is 1. The molecule has 0 aliphatic heterocycles. The summed E-state index contributed by atoms with van der Waals surface area (Å²) in [6.07, 6.45) is 3.76. The first-order valence-corrected chi connectivity index (χ1v) is 6.49. The second kappa shape index (κ2) is 5.01. The van der Waals surface area contributed by atoms with Crippen LogP contribution in [0.15, 0.2) is 30.3 Å². The second-order valence-electron chi connectivity index (χ2n) is 5.50. The van der Waals surface area contributed by atoms with Crippen LogP contribution in [-0.4, -0.2) is 6.04 Å². The van der Waals surface area contributed by atoms with E-state index >= 15 is 0 Å². The Morgan fingerprint density at radius 2 is 1.81 bits per heavy atom. The average molecular weight is 217 g/mol. The topological polar surface area (TPSA) is 26.0 Å². The van der Waals surface area contributed by atoms with Gasteiger partial charge in [0.1, 0.15) is 0 Å². The summed E-state index contributed by atoms with van der Waals surface area (Å²) in [5.41, 5.74) is 7.70. The fraction of sp³-hybridized carbons (Fsp3) is 0.600. The fourth-order valence-electron chi connectivity index (χ4n) is 2.92. The zero-order chi connectivity index (χ0) is 11.5. The van der Waals surface area contributed by atoms with E-state index in [4.69, 9.17) is 5.73 Å². The van der Waals surface area contributed by atoms with Gasteiger partial charge in [-0.3, -0.25) is 0 Å². The minimum absolute atomic E-state index is 0.359. The SMILES string of the molecule is CC(C)C1CCC(N)C(c2ccccc2)C1. The van der Waals surface area contributed by atoms with Crippen molar-refractivity contribution in [3.05, 3.63) is 35.9 Å². The summed E-state index contributed by atoms with van der Waals surface area (Å²) in [7, 11) is 0. The molecular weight excluding hydrogens is 194 g/mol. The van der Waals surface area contributed by atoms with Crippen molar-refractivity contribution in [1.82, 2.24) is 0 Å². The van der Waals surface area contributed by atoms with Gasteiger partial charge in [-0.25, -0.2) is 0 Å². The Kier molecular flexibility index (Phi) is 3.65. The van der Waals surface area contributed by atoms with E-state index in [0.717, 1.165) is 11.8 Å². The molecule has 1 aromatic rings. The van der Waals surface area contributed by atoms with Gasteiger partial charge in [0.2, 0.25) is 0 Å². The van der Waals surface area contributed by atoms with E-state index in [0.29, 0.717) is 12.0 Å². The van der Waals surface area contributed by atoms with E-state index < -0.39 is 0 Å². The fourth-order valence-corrected chi connectivity index (χ4v) is 2.92. The van der Waals surface area contributed by atoms with Crippen molar-refractivity contribution < 1.29 is 0 Å². The maximum Gasteiger partial charge on any atom is 0.0108 e. The molecule has 1 aliphatic carbocycles. The first kappa shape index (κ1) is 11.7. The van der Waals surface area contributed by atoms with Gasteiger partial charge in [0.15, 0.2) is 0 Å². The van der Waals surface area contributed by atoms with Crippen LogP contribution in [0.25, 0.3) is 0 Å². The lowest BCUT2D eigenvalue weighted by atomic mass is 9.71. The predicted octanol–water partition coefficient (Wildman–Crippen LogP) is 3.55. The van der Waals surface area contributed by atoms with Crippen LogP contribution in [0.3, 0.4) is 0 Å². The molecule has 1 fully saturated rings. The Labute approximate surface area is 99.0 Å². The molecule has 0 amide bonds. The molecule has 0 saturated heterocycles. The Bertz CT molecular complexity index is 317. The zero-order valence-electron chi connectivity index (χ0n) is 10.4. The molecule has 1 nitrogen and oxygen atoms in total. The Balaban J connectivity index is 2.13. The van der Waals surface area contributed by atoms with Crippen molar-refractivity contribution in [1.29, 1.82) is 0 Å². The third-order valence-electron chi connectivity index (χ3n) is 4.11. The first-order valence-electron chi connectivity index (χ1n) is 6.49. The molecule has 1 aromatic carbocycles. The van der Waals surface area contributed by atoms with Crippen LogP contribution in [0, 0.1) is 11.8 Å². The van der Waals surface area contributed by atoms with Crippen molar-refractivity contribution in [3.8, 4) is 0 Å². The standard InChI is InChI=1S/C15H23N/c1-11(2)13-8-9-15(16)14(10-13)12-6-4-3-5-7-12/h3-7,11,13-15H,8-10,16H2,1-2H3. The number of hydrogen-bond donors (Lipinski definition) is 1. The van der Waals surface area contributed by atoms with Crippen LogP contribution in [0.5, 0.6) is 0 Å². The lowest BCUT2D eigenvalue weighted by Crippen LogP contribution is -2.35. The van der Waals surface area contributed by atoms with E-state index in [2.05, 4.69) is 44.2 Å². The van der Waals surface area contributed by atoms with Crippen molar-refractivity contribution in [3.63, 3.8) is 0 Å². The largest absolute Gasteiger partial charge is 0.327 e. The molecule has 16 heavy (non-hydrogen) atoms. The highest BCUT2D eigenvalue weighted by molar-refractivity contribution is 5.22. The molecule has 1 heteroatoms. The van der Waals surface area contributed by atoms with Gasteiger partial charge in [0.05, 0.1) is 0 Å². The van der Waals surface area contributed by atoms with E-state index in [1.54, 1.807) is 0 Å². The van der Waals surface area contributed by atoms with E-state index in [1.165, 1.54) is 24.8 Å². The predicted molar refractivity (Wildman–Crippen MR) is 69.3 cm³/mol. The normalized spacial score (nSPS) is 30.6. The van der Waals surface area contributed by atoms with Gasteiger partial charge in [0, 0.05) is 6.04 Å². The number of rotatable bonds is 2. The van der Waals surface area contributed by atoms with Crippen LogP contribution < -0.4 is 5.73 Å². The van der Waals surface area contributed by atoms with Crippen LogP contribution in [0.2, 0.25) is 0 Å². The smallest absolute Gasteiger partial charge is 0.0108 e. The first-order chi connectivity index (χ1) is 7.68. The zero-order valence-corrected chi connectivity index (χ0v) is 10.4. The highest BCUT2D eigenvalue weighted by Crippen LogP contribution is 2.38. The highest BCUT2D eigenvalue weighted by atomic mass is 14.7. The third kappa shape index (κ3) is 2.46. The molecule has 3 atom stereocenters. The molecule has 88 valence electrons. The highest BCUT2D eigenvalue weighted by Gasteiger charge is 2.30. The third-order valence-corrected chi connectivity index (χ3v) is 4.11. The Morgan fingerprint density at radius 1 is 1.12 bits per heavy atom. The summed E-state index contributed by atoms with van der Waals surface area (Å²) in [4.78, 5) is 0. The summed E-state index contributed by atoms with van der Waals surface area (Å²) in [5, 5.41) is 0. The van der Waals surface area contributed by atoms with Crippen LogP contribution in [0.4, 0.5) is 0 Å². The maximum atomic E-state index is 6.27. The Hall–Kier alpha value is -0.820. The van der Waals surface area contributed by atoms with Gasteiger partial charge >= 0.3 is 0 Å². The lowest BCUT2D eigenvalue weighted by Gasteiger charge is -2.36. The number of hydrogen-bond acceptors (Lipinski definition) is 1. The summed E-state index contributed by atoms with van der Waals surface area (Å²) in [6.45, 7) is 4.67. The molecule has 0 aromatic heterocycles. The van der Waals surface area contributed by atoms with Gasteiger partial charge in [-0.05, 0) is 42.6 Å². The van der Waals surface area contributed by atoms with E-state index in [9.17, 15) is 0 Å². The lowest BCUT2D eigenvalue weighted by molar-refractivity contribution is 0.232. The minimum atomic E-state index is 0.359. The molecular formula is C15H23N. The van der Waals surface area contributed by atoms with Gasteiger partial charge in [-0.1, -0.05) is 44.2 Å².